The Balaban J connectivity index is 1.33. The molecule has 7 aliphatic rings. The number of fused-ring (bicyclic) bond motifs is 3. The molecule has 12 amide bonds. The summed E-state index contributed by atoms with van der Waals surface area (Å²) >= 11 is 6.44. The molecular formula is C77H121ClF6N12O13. The highest BCUT2D eigenvalue weighted by Gasteiger charge is 2.59. The van der Waals surface area contributed by atoms with Gasteiger partial charge in [0.05, 0.1) is 37.5 Å². The molecule has 2 bridgehead atoms. The third kappa shape index (κ3) is 22.5. The Hall–Kier alpha value is -6.79. The lowest BCUT2D eigenvalue weighted by Crippen LogP contribution is -2.71. The van der Waals surface area contributed by atoms with Gasteiger partial charge in [0.1, 0.15) is 53.9 Å². The maximum absolute atomic E-state index is 15.7. The highest BCUT2D eigenvalue weighted by molar-refractivity contribution is 6.21. The van der Waals surface area contributed by atoms with E-state index in [0.717, 1.165) is 38.9 Å². The molecule has 7 rings (SSSR count). The van der Waals surface area contributed by atoms with Crippen LogP contribution < -0.4 is 16.0 Å². The first-order valence-corrected chi connectivity index (χ1v) is 39.7. The lowest BCUT2D eigenvalue weighted by molar-refractivity contribution is -0.184. The quantitative estimate of drug-likeness (QED) is 0.0919. The first-order valence-electron chi connectivity index (χ1n) is 39.3. The van der Waals surface area contributed by atoms with Gasteiger partial charge in [0.15, 0.2) is 0 Å². The number of carbonyl (C=O) groups is 12. The topological polar surface area (TPSA) is 279 Å². The fourth-order valence-corrected chi connectivity index (χ4v) is 18.4. The van der Waals surface area contributed by atoms with E-state index in [0.29, 0.717) is 19.3 Å². The molecule has 0 radical (unpaired) electrons. The summed E-state index contributed by atoms with van der Waals surface area (Å²) < 4.78 is 91.0. The normalized spacial score (nSPS) is 31.4. The summed E-state index contributed by atoms with van der Waals surface area (Å²) in [5, 5.41) is 7.45. The van der Waals surface area contributed by atoms with Crippen molar-refractivity contribution >= 4 is 82.5 Å². The van der Waals surface area contributed by atoms with Gasteiger partial charge in [-0.1, -0.05) is 72.5 Å². The number of nitrogens with zero attached hydrogens (tertiary/aromatic N) is 9. The molecule has 3 aliphatic heterocycles. The van der Waals surface area contributed by atoms with Gasteiger partial charge in [0.25, 0.3) is 0 Å². The van der Waals surface area contributed by atoms with Gasteiger partial charge in [-0.25, -0.2) is 0 Å². The van der Waals surface area contributed by atoms with Crippen molar-refractivity contribution in [3.8, 4) is 0 Å². The van der Waals surface area contributed by atoms with Crippen LogP contribution in [0.15, 0.2) is 12.2 Å². The maximum Gasteiger partial charge on any atom is 0.393 e. The van der Waals surface area contributed by atoms with Gasteiger partial charge < -0.3 is 64.8 Å². The van der Waals surface area contributed by atoms with Gasteiger partial charge in [-0.05, 0) is 152 Å². The van der Waals surface area contributed by atoms with Crippen molar-refractivity contribution in [2.24, 2.45) is 40.9 Å². The Morgan fingerprint density at radius 1 is 0.642 bits per heavy atom. The Labute approximate surface area is 644 Å². The molecule has 0 aromatic carbocycles. The second kappa shape index (κ2) is 38.2. The van der Waals surface area contributed by atoms with Crippen LogP contribution in [-0.2, 0) is 62.3 Å². The average Bonchev–Trinajstić information content (AvgIpc) is 1.62. The molecule has 0 aromatic rings. The van der Waals surface area contributed by atoms with Crippen molar-refractivity contribution in [3.63, 3.8) is 0 Å². The molecule has 3 heterocycles. The summed E-state index contributed by atoms with van der Waals surface area (Å²) in [5.41, 5.74) is -2.28. The number of hydrogen-bond acceptors (Lipinski definition) is 13. The van der Waals surface area contributed by atoms with Crippen molar-refractivity contribution in [3.05, 3.63) is 12.2 Å². The Morgan fingerprint density at radius 2 is 1.28 bits per heavy atom. The minimum atomic E-state index is -4.58. The summed E-state index contributed by atoms with van der Waals surface area (Å²) in [4.78, 5) is 193. The van der Waals surface area contributed by atoms with E-state index >= 15 is 33.6 Å². The van der Waals surface area contributed by atoms with E-state index in [1.54, 1.807) is 26.0 Å². The summed E-state index contributed by atoms with van der Waals surface area (Å²) in [6, 6.07) is -10.9. The van der Waals surface area contributed by atoms with E-state index in [4.69, 9.17) is 16.3 Å². The number of rotatable bonds is 13. The SMILES string of the molecule is CCC[C@H]1C(=O)N[C@@H](C2CCCCC2)C(=O)N(C)CC(=O)N(C)[C@H]2C/C=C\CCN(C2=O)[C@@H](CC2CCC(C(F)(F)F)CC2)C(=O)N(C)CC(=O)N[C@@H](CCC2CCC(C(F)(F)F)C(Cl)C2)C(=O)N2C[C@H](OCC)C[C@H]2C(=O)NC2(CC(C)(C)C2)C(=O)N(C)[C@@H](CC(C)C)C(=O)N(C)[C@H](C(=O)N(C)C)CC(=O)N1C. The fraction of sp³-hybridized carbons (Fsp3) is 0.818. The van der Waals surface area contributed by atoms with E-state index in [-0.39, 0.29) is 135 Å². The lowest BCUT2D eigenvalue weighted by atomic mass is 9.58. The van der Waals surface area contributed by atoms with Gasteiger partial charge in [-0.15, -0.1) is 11.6 Å². The summed E-state index contributed by atoms with van der Waals surface area (Å²) in [5.74, 6) is -13.9. The molecule has 6 fully saturated rings. The first kappa shape index (κ1) is 89.4. The van der Waals surface area contributed by atoms with Crippen LogP contribution in [-0.4, -0.2) is 282 Å². The molecule has 32 heteroatoms. The second-order valence-corrected chi connectivity index (χ2v) is 34.1. The number of likely N-dealkylation sites (N-methyl/N-ethyl adjacent to an activating group) is 7. The number of alkyl halides is 7. The van der Waals surface area contributed by atoms with Crippen molar-refractivity contribution in [1.82, 2.24) is 60.0 Å². The lowest BCUT2D eigenvalue weighted by Gasteiger charge is -2.54. The predicted molar refractivity (Wildman–Crippen MR) is 395 cm³/mol. The summed E-state index contributed by atoms with van der Waals surface area (Å²) in [6.45, 7) is 9.37. The van der Waals surface area contributed by atoms with Crippen molar-refractivity contribution in [2.45, 2.75) is 273 Å². The standard InChI is InChI=1S/C77H121ClF6N12O13/c1-15-23-55-65(100)86-64(49-24-19-17-20-25-49)72(107)90(10)43-63(99)92(12)56-26-21-18-22-35-95(71(56)106)60(38-48-27-31-50(32-28-48)76(79,80)81)69(104)89(9)42-61(97)85-54(34-30-47-29-33-52(53(78)37-47)77(82,83)84)67(102)96-41-51(109-16-2)39-57(96)66(101)87-75(44-74(5,6)45-75)73(108)94(14)58(36-46(3)4)70(105)93(13)59(68(103)88(7)8)40-62(98)91(55)11/h18,21,46-60,64H,15-17,19-20,22-45H2,1-14H3,(H,85,97)(H,86,100)(H,87,101)/b21-18-/t47?,48?,50?,51-,52?,53?,54+,55+,56+,57+,58+,59+,60+,64+/m1/s1. The second-order valence-electron chi connectivity index (χ2n) is 33.6. The van der Waals surface area contributed by atoms with Crippen molar-refractivity contribution in [2.75, 3.05) is 89.2 Å². The number of nitrogens with one attached hydrogen (secondary N) is 3. The molecule has 4 aliphatic carbocycles. The van der Waals surface area contributed by atoms with Gasteiger partial charge >= 0.3 is 12.4 Å². The number of carbonyl (C=O) groups excluding carboxylic acids is 12. The zero-order chi connectivity index (χ0) is 81.1. The number of amides is 12. The molecule has 12 atom stereocenters. The summed E-state index contributed by atoms with van der Waals surface area (Å²) in [7, 11) is 11.1. The third-order valence-corrected chi connectivity index (χ3v) is 24.5. The number of hydrogen-bond donors (Lipinski definition) is 3. The van der Waals surface area contributed by atoms with E-state index in [2.05, 4.69) is 16.0 Å². The summed E-state index contributed by atoms with van der Waals surface area (Å²) in [6.07, 6.45) is -4.05. The smallest absolute Gasteiger partial charge is 0.377 e. The average molecular weight is 1570 g/mol. The maximum atomic E-state index is 15.7. The molecule has 3 N–H and O–H groups in total. The Bertz CT molecular complexity index is 3270. The molecule has 3 unspecified atom stereocenters. The zero-order valence-corrected chi connectivity index (χ0v) is 67.1. The third-order valence-electron chi connectivity index (χ3n) is 24.0. The first-order chi connectivity index (χ1) is 50.9. The van der Waals surface area contributed by atoms with Crippen LogP contribution in [0.1, 0.15) is 196 Å². The van der Waals surface area contributed by atoms with Gasteiger partial charge in [-0.3, -0.25) is 57.5 Å². The van der Waals surface area contributed by atoms with Crippen molar-refractivity contribution < 1.29 is 88.6 Å². The van der Waals surface area contributed by atoms with Crippen LogP contribution >= 0.6 is 11.6 Å². The Morgan fingerprint density at radius 3 is 1.85 bits per heavy atom. The van der Waals surface area contributed by atoms with E-state index in [1.165, 1.54) is 80.9 Å². The van der Waals surface area contributed by atoms with Gasteiger partial charge in [0.2, 0.25) is 70.9 Å². The van der Waals surface area contributed by atoms with Crippen LogP contribution in [0.25, 0.3) is 0 Å². The van der Waals surface area contributed by atoms with Crippen LogP contribution in [0.5, 0.6) is 0 Å². The Kier molecular flexibility index (Phi) is 31.3. The molecule has 2 saturated heterocycles. The zero-order valence-electron chi connectivity index (χ0n) is 66.4. The predicted octanol–water partition coefficient (Wildman–Crippen LogP) is 7.45. The van der Waals surface area contributed by atoms with Crippen LogP contribution in [0.3, 0.4) is 0 Å². The van der Waals surface area contributed by atoms with Crippen LogP contribution in [0.2, 0.25) is 0 Å². The largest absolute Gasteiger partial charge is 0.393 e. The van der Waals surface area contributed by atoms with E-state index in [9.17, 15) is 50.3 Å². The fourth-order valence-electron chi connectivity index (χ4n) is 17.9. The molecule has 0 aromatic heterocycles. The van der Waals surface area contributed by atoms with Crippen LogP contribution in [0.4, 0.5) is 26.3 Å². The molecular weight excluding hydrogens is 1450 g/mol. The number of halogens is 7. The number of ether oxygens (including phenoxy) is 1. The highest BCUT2D eigenvalue weighted by Crippen LogP contribution is 2.50. The van der Waals surface area contributed by atoms with Gasteiger partial charge in [-0.2, -0.15) is 26.3 Å². The molecule has 109 heavy (non-hydrogen) atoms. The molecule has 25 nitrogen and oxygen atoms in total. The molecule has 616 valence electrons. The van der Waals surface area contributed by atoms with E-state index in [1.807, 2.05) is 27.7 Å². The van der Waals surface area contributed by atoms with Crippen molar-refractivity contribution in [1.29, 1.82) is 0 Å². The minimum absolute atomic E-state index is 0.0357. The monoisotopic (exact) mass is 1570 g/mol. The van der Waals surface area contributed by atoms with Gasteiger partial charge in [0, 0.05) is 87.9 Å². The van der Waals surface area contributed by atoms with Crippen LogP contribution in [0, 0.1) is 40.9 Å². The van der Waals surface area contributed by atoms with E-state index < -0.39 is 203 Å². The minimum Gasteiger partial charge on any atom is -0.377 e. The molecule has 1 spiro atoms. The highest BCUT2D eigenvalue weighted by atomic mass is 35.5. The molecule has 4 saturated carbocycles.